The normalized spacial score (nSPS) is 19.9. The third-order valence-corrected chi connectivity index (χ3v) is 2.89. The molecule has 7 heteroatoms. The van der Waals surface area contributed by atoms with E-state index in [4.69, 9.17) is 21.4 Å². The number of nitrogens with zero attached hydrogens (tertiary/aromatic N) is 3. The average molecular weight is 272 g/mol. The van der Waals surface area contributed by atoms with E-state index in [0.29, 0.717) is 31.4 Å². The fourth-order valence-electron chi connectivity index (χ4n) is 1.85. The molecule has 1 unspecified atom stereocenters. The van der Waals surface area contributed by atoms with Crippen LogP contribution < -0.4 is 4.90 Å². The van der Waals surface area contributed by atoms with Crippen LogP contribution in [0.15, 0.2) is 6.07 Å². The SMILES string of the molecule is CC1COCCN1c1nc(Cl)cc(CC(=O)O)n1. The summed E-state index contributed by atoms with van der Waals surface area (Å²) >= 11 is 5.90. The molecule has 1 aliphatic heterocycles. The van der Waals surface area contributed by atoms with Gasteiger partial charge in [-0.3, -0.25) is 4.79 Å². The van der Waals surface area contributed by atoms with Gasteiger partial charge in [0.2, 0.25) is 5.95 Å². The molecular weight excluding hydrogens is 258 g/mol. The van der Waals surface area contributed by atoms with Gasteiger partial charge in [-0.15, -0.1) is 0 Å². The molecular formula is C11H14ClN3O3. The van der Waals surface area contributed by atoms with Crippen molar-refractivity contribution >= 4 is 23.5 Å². The maximum Gasteiger partial charge on any atom is 0.309 e. The van der Waals surface area contributed by atoms with Gasteiger partial charge in [-0.2, -0.15) is 0 Å². The molecule has 1 atom stereocenters. The number of carbonyl (C=O) groups is 1. The molecule has 2 heterocycles. The van der Waals surface area contributed by atoms with Crippen LogP contribution in [-0.4, -0.2) is 46.8 Å². The summed E-state index contributed by atoms with van der Waals surface area (Å²) in [6, 6.07) is 1.62. The summed E-state index contributed by atoms with van der Waals surface area (Å²) in [4.78, 5) is 21.1. The zero-order valence-electron chi connectivity index (χ0n) is 9.97. The minimum atomic E-state index is -0.939. The van der Waals surface area contributed by atoms with Gasteiger partial charge in [0.05, 0.1) is 31.4 Å². The van der Waals surface area contributed by atoms with Crippen LogP contribution in [-0.2, 0) is 16.0 Å². The van der Waals surface area contributed by atoms with E-state index in [2.05, 4.69) is 9.97 Å². The molecule has 0 aliphatic carbocycles. The van der Waals surface area contributed by atoms with Crippen molar-refractivity contribution in [2.75, 3.05) is 24.7 Å². The van der Waals surface area contributed by atoms with Crippen molar-refractivity contribution in [2.24, 2.45) is 0 Å². The predicted molar refractivity (Wildman–Crippen MR) is 66.0 cm³/mol. The van der Waals surface area contributed by atoms with E-state index in [9.17, 15) is 4.79 Å². The van der Waals surface area contributed by atoms with Gasteiger partial charge < -0.3 is 14.7 Å². The Balaban J connectivity index is 2.26. The van der Waals surface area contributed by atoms with Crippen LogP contribution in [0.2, 0.25) is 5.15 Å². The Bertz CT molecular complexity index is 455. The van der Waals surface area contributed by atoms with Crippen LogP contribution in [0.1, 0.15) is 12.6 Å². The number of hydrogen-bond donors (Lipinski definition) is 1. The van der Waals surface area contributed by atoms with Gasteiger partial charge >= 0.3 is 5.97 Å². The molecule has 6 nitrogen and oxygen atoms in total. The summed E-state index contributed by atoms with van der Waals surface area (Å²) in [5.74, 6) is -0.472. The van der Waals surface area contributed by atoms with Crippen molar-refractivity contribution in [3.8, 4) is 0 Å². The highest BCUT2D eigenvalue weighted by Crippen LogP contribution is 2.18. The molecule has 1 aliphatic rings. The molecule has 18 heavy (non-hydrogen) atoms. The maximum absolute atomic E-state index is 10.7. The van der Waals surface area contributed by atoms with Crippen molar-refractivity contribution in [2.45, 2.75) is 19.4 Å². The topological polar surface area (TPSA) is 75.5 Å². The molecule has 98 valence electrons. The molecule has 0 spiro atoms. The lowest BCUT2D eigenvalue weighted by atomic mass is 10.2. The molecule has 0 bridgehead atoms. The third-order valence-electron chi connectivity index (χ3n) is 2.69. The largest absolute Gasteiger partial charge is 0.481 e. The molecule has 2 rings (SSSR count). The lowest BCUT2D eigenvalue weighted by Crippen LogP contribution is -2.44. The van der Waals surface area contributed by atoms with E-state index in [1.54, 1.807) is 0 Å². The summed E-state index contributed by atoms with van der Waals surface area (Å²) in [6.45, 7) is 3.88. The first-order valence-electron chi connectivity index (χ1n) is 5.66. The second-order valence-electron chi connectivity index (χ2n) is 4.17. The van der Waals surface area contributed by atoms with Gasteiger partial charge in [0, 0.05) is 6.54 Å². The van der Waals surface area contributed by atoms with E-state index >= 15 is 0 Å². The Morgan fingerprint density at radius 1 is 1.67 bits per heavy atom. The van der Waals surface area contributed by atoms with E-state index in [1.807, 2.05) is 11.8 Å². The number of ether oxygens (including phenoxy) is 1. The highest BCUT2D eigenvalue weighted by atomic mass is 35.5. The molecule has 0 amide bonds. The van der Waals surface area contributed by atoms with Crippen molar-refractivity contribution in [1.82, 2.24) is 9.97 Å². The second kappa shape index (κ2) is 5.49. The van der Waals surface area contributed by atoms with E-state index in [-0.39, 0.29) is 17.6 Å². The van der Waals surface area contributed by atoms with Gasteiger partial charge in [-0.05, 0) is 13.0 Å². The number of halogens is 1. The van der Waals surface area contributed by atoms with Crippen LogP contribution in [0.25, 0.3) is 0 Å². The molecule has 1 N–H and O–H groups in total. The monoisotopic (exact) mass is 271 g/mol. The molecule has 0 aromatic carbocycles. The van der Waals surface area contributed by atoms with Crippen molar-refractivity contribution in [3.05, 3.63) is 16.9 Å². The minimum Gasteiger partial charge on any atom is -0.481 e. The highest BCUT2D eigenvalue weighted by molar-refractivity contribution is 6.29. The van der Waals surface area contributed by atoms with Gasteiger partial charge in [0.15, 0.2) is 0 Å². The number of anilines is 1. The number of morpholine rings is 1. The average Bonchev–Trinajstić information content (AvgIpc) is 2.27. The number of aromatic nitrogens is 2. The second-order valence-corrected chi connectivity index (χ2v) is 4.56. The van der Waals surface area contributed by atoms with Gasteiger partial charge in [-0.1, -0.05) is 11.6 Å². The molecule has 1 fully saturated rings. The Kier molecular flexibility index (Phi) is 3.98. The number of carboxylic acids is 1. The highest BCUT2D eigenvalue weighted by Gasteiger charge is 2.22. The predicted octanol–water partition coefficient (Wildman–Crippen LogP) is 0.982. The first kappa shape index (κ1) is 13.0. The number of hydrogen-bond acceptors (Lipinski definition) is 5. The van der Waals surface area contributed by atoms with Crippen molar-refractivity contribution in [1.29, 1.82) is 0 Å². The zero-order chi connectivity index (χ0) is 13.1. The molecule has 1 saturated heterocycles. The van der Waals surface area contributed by atoms with Crippen molar-refractivity contribution in [3.63, 3.8) is 0 Å². The summed E-state index contributed by atoms with van der Waals surface area (Å²) in [6.07, 6.45) is -0.159. The maximum atomic E-state index is 10.7. The fourth-order valence-corrected chi connectivity index (χ4v) is 2.05. The van der Waals surface area contributed by atoms with Crippen LogP contribution in [0.4, 0.5) is 5.95 Å². The third kappa shape index (κ3) is 3.08. The summed E-state index contributed by atoms with van der Waals surface area (Å²) in [5, 5.41) is 9.03. The number of rotatable bonds is 3. The Hall–Kier alpha value is -1.40. The standard InChI is InChI=1S/C11H14ClN3O3/c1-7-6-18-3-2-15(7)11-13-8(5-10(16)17)4-9(12)14-11/h4,7H,2-3,5-6H2,1H3,(H,16,17). The minimum absolute atomic E-state index is 0.148. The Morgan fingerprint density at radius 3 is 3.11 bits per heavy atom. The van der Waals surface area contributed by atoms with Gasteiger partial charge in [0.1, 0.15) is 5.15 Å². The lowest BCUT2D eigenvalue weighted by molar-refractivity contribution is -0.136. The summed E-state index contributed by atoms with van der Waals surface area (Å²) < 4.78 is 5.33. The molecule has 0 radical (unpaired) electrons. The van der Waals surface area contributed by atoms with Crippen LogP contribution in [0, 0.1) is 0 Å². The number of aliphatic carboxylic acids is 1. The lowest BCUT2D eigenvalue weighted by Gasteiger charge is -2.33. The van der Waals surface area contributed by atoms with Gasteiger partial charge in [0.25, 0.3) is 0 Å². The van der Waals surface area contributed by atoms with E-state index in [1.165, 1.54) is 6.07 Å². The summed E-state index contributed by atoms with van der Waals surface area (Å²) in [7, 11) is 0. The molecule has 0 saturated carbocycles. The summed E-state index contributed by atoms with van der Waals surface area (Å²) in [5.41, 5.74) is 0.413. The first-order valence-corrected chi connectivity index (χ1v) is 6.03. The van der Waals surface area contributed by atoms with E-state index in [0.717, 1.165) is 0 Å². The first-order chi connectivity index (χ1) is 8.56. The van der Waals surface area contributed by atoms with Crippen LogP contribution >= 0.6 is 11.6 Å². The Labute approximate surface area is 110 Å². The van der Waals surface area contributed by atoms with E-state index < -0.39 is 5.97 Å². The smallest absolute Gasteiger partial charge is 0.309 e. The quantitative estimate of drug-likeness (QED) is 0.826. The van der Waals surface area contributed by atoms with Gasteiger partial charge in [-0.25, -0.2) is 9.97 Å². The molecule has 1 aromatic heterocycles. The Morgan fingerprint density at radius 2 is 2.44 bits per heavy atom. The number of carboxylic acid groups (broad SMARTS) is 1. The molecule has 1 aromatic rings. The fraction of sp³-hybridized carbons (Fsp3) is 0.545. The van der Waals surface area contributed by atoms with Crippen molar-refractivity contribution < 1.29 is 14.6 Å². The zero-order valence-corrected chi connectivity index (χ0v) is 10.7. The van der Waals surface area contributed by atoms with Crippen LogP contribution in [0.5, 0.6) is 0 Å². The van der Waals surface area contributed by atoms with Crippen LogP contribution in [0.3, 0.4) is 0 Å².